The third-order valence-corrected chi connectivity index (χ3v) is 25.2. The van der Waals surface area contributed by atoms with E-state index in [1.807, 2.05) is 13.0 Å². The number of halogens is 5. The maximum Gasteiger partial charge on any atom is 0.397 e. The number of carbonyl (C=O) groups excluding carboxylic acids is 12. The highest BCUT2D eigenvalue weighted by atomic mass is 19.4. The van der Waals surface area contributed by atoms with Crippen LogP contribution in [-0.2, 0) is 67.0 Å². The van der Waals surface area contributed by atoms with Gasteiger partial charge >= 0.3 is 6.18 Å². The first-order valence-corrected chi connectivity index (χ1v) is 39.7. The van der Waals surface area contributed by atoms with Crippen LogP contribution < -0.4 is 16.0 Å². The summed E-state index contributed by atoms with van der Waals surface area (Å²) in [5, 5.41) is 8.67. The lowest BCUT2D eigenvalue weighted by molar-refractivity contribution is -0.219. The molecule has 9 aliphatic rings. The molecule has 4 heterocycles. The van der Waals surface area contributed by atoms with E-state index in [0.29, 0.717) is 50.9 Å². The van der Waals surface area contributed by atoms with Gasteiger partial charge in [-0.3, -0.25) is 57.5 Å². The zero-order valence-corrected chi connectivity index (χ0v) is 65.0. The Morgan fingerprint density at radius 3 is 1.85 bits per heavy atom. The quantitative estimate of drug-likeness (QED) is 0.155. The van der Waals surface area contributed by atoms with E-state index < -0.39 is 205 Å². The highest BCUT2D eigenvalue weighted by molar-refractivity contribution is 6.01. The molecule has 0 aromatic carbocycles. The second-order valence-electron chi connectivity index (χ2n) is 32.8. The highest BCUT2D eigenvalue weighted by Gasteiger charge is 2.56. The Balaban J connectivity index is 1.10. The van der Waals surface area contributed by atoms with E-state index in [1.165, 1.54) is 81.5 Å². The first-order valence-electron chi connectivity index (χ1n) is 39.7. The van der Waals surface area contributed by atoms with Crippen molar-refractivity contribution in [1.82, 2.24) is 60.0 Å². The molecule has 4 aliphatic heterocycles. The molecular formula is C77H119F5N12O14. The molecule has 5 saturated carbocycles. The molecule has 31 heteroatoms. The summed E-state index contributed by atoms with van der Waals surface area (Å²) in [5.74, 6) is -12.8. The molecule has 8 fully saturated rings. The summed E-state index contributed by atoms with van der Waals surface area (Å²) in [5.41, 5.74) is -1.65. The molecule has 0 aromatic heterocycles. The van der Waals surface area contributed by atoms with Crippen LogP contribution in [0, 0.1) is 41.4 Å². The summed E-state index contributed by atoms with van der Waals surface area (Å²) in [4.78, 5) is 194. The topological polar surface area (TPSA) is 289 Å². The fraction of sp³-hybridized carbons (Fsp3) is 0.818. The van der Waals surface area contributed by atoms with Gasteiger partial charge in [-0.2, -0.15) is 13.2 Å². The molecule has 9 rings (SSSR count). The first-order chi connectivity index (χ1) is 51.2. The van der Waals surface area contributed by atoms with Crippen LogP contribution in [0.2, 0.25) is 0 Å². The summed E-state index contributed by atoms with van der Waals surface area (Å²) in [6.07, 6.45) is -1.49. The monoisotopic (exact) mass is 1530 g/mol. The lowest BCUT2D eigenvalue weighted by Gasteiger charge is -2.47. The predicted octanol–water partition coefficient (Wildman–Crippen LogP) is 5.33. The first kappa shape index (κ1) is 85.0. The second-order valence-corrected chi connectivity index (χ2v) is 32.8. The van der Waals surface area contributed by atoms with Crippen molar-refractivity contribution in [3.63, 3.8) is 0 Å². The number of likely N-dealkylation sites (N-methyl/N-ethyl adjacent to an activating group) is 6. The van der Waals surface area contributed by atoms with Gasteiger partial charge in [0.15, 0.2) is 0 Å². The Hall–Kier alpha value is -7.05. The van der Waals surface area contributed by atoms with Crippen LogP contribution in [0.25, 0.3) is 0 Å². The molecule has 2 unspecified atom stereocenters. The Labute approximate surface area is 632 Å². The van der Waals surface area contributed by atoms with Gasteiger partial charge in [0.05, 0.1) is 38.8 Å². The number of amides is 12. The zero-order chi connectivity index (χ0) is 78.8. The van der Waals surface area contributed by atoms with Crippen LogP contribution in [0.3, 0.4) is 0 Å². The average Bonchev–Trinajstić information content (AvgIpc) is 1.07. The van der Waals surface area contributed by atoms with Gasteiger partial charge in [0, 0.05) is 81.5 Å². The maximum atomic E-state index is 15.8. The summed E-state index contributed by atoms with van der Waals surface area (Å²) in [6.45, 7) is 6.72. The van der Waals surface area contributed by atoms with E-state index in [4.69, 9.17) is 9.47 Å². The minimum atomic E-state index is -5.17. The van der Waals surface area contributed by atoms with E-state index in [1.54, 1.807) is 19.9 Å². The summed E-state index contributed by atoms with van der Waals surface area (Å²) in [6, 6.07) is -10.5. The van der Waals surface area contributed by atoms with Gasteiger partial charge in [-0.05, 0) is 126 Å². The molecule has 12 atom stereocenters. The van der Waals surface area contributed by atoms with Crippen molar-refractivity contribution in [3.8, 4) is 0 Å². The van der Waals surface area contributed by atoms with E-state index in [0.717, 1.165) is 43.4 Å². The molecule has 5 aliphatic carbocycles. The number of rotatable bonds is 13. The number of fused-ring (bicyclic) bond motifs is 3. The smallest absolute Gasteiger partial charge is 0.378 e. The molecule has 3 saturated heterocycles. The zero-order valence-electron chi connectivity index (χ0n) is 65.0. The van der Waals surface area contributed by atoms with Crippen molar-refractivity contribution >= 4 is 70.9 Å². The Bertz CT molecular complexity index is 3240. The van der Waals surface area contributed by atoms with Crippen molar-refractivity contribution in [3.05, 3.63) is 12.2 Å². The maximum absolute atomic E-state index is 15.8. The normalized spacial score (nSPS) is 33.3. The highest BCUT2D eigenvalue weighted by Crippen LogP contribution is 2.45. The number of morpholine rings is 1. The average molecular weight is 1530 g/mol. The fourth-order valence-electron chi connectivity index (χ4n) is 17.8. The van der Waals surface area contributed by atoms with E-state index in [-0.39, 0.29) is 109 Å². The molecule has 1 spiro atoms. The van der Waals surface area contributed by atoms with E-state index in [9.17, 15) is 27.6 Å². The number of hydrogen-bond donors (Lipinski definition) is 3. The second kappa shape index (κ2) is 37.3. The van der Waals surface area contributed by atoms with E-state index >= 15 is 51.9 Å². The molecule has 0 radical (unpaired) electrons. The lowest BCUT2D eigenvalue weighted by Crippen LogP contribution is -2.68. The molecule has 12 amide bonds. The molecule has 2 bridgehead atoms. The Morgan fingerprint density at radius 2 is 1.26 bits per heavy atom. The van der Waals surface area contributed by atoms with Crippen LogP contribution in [0.4, 0.5) is 22.0 Å². The summed E-state index contributed by atoms with van der Waals surface area (Å²) < 4.78 is 84.7. The molecule has 606 valence electrons. The van der Waals surface area contributed by atoms with Crippen LogP contribution >= 0.6 is 0 Å². The molecule has 0 aromatic rings. The minimum absolute atomic E-state index is 0.0174. The van der Waals surface area contributed by atoms with Crippen molar-refractivity contribution in [2.45, 2.75) is 260 Å². The van der Waals surface area contributed by atoms with Gasteiger partial charge in [0.25, 0.3) is 0 Å². The molecular weight excluding hydrogens is 1410 g/mol. The minimum Gasteiger partial charge on any atom is -0.378 e. The number of nitrogens with zero attached hydrogens (tertiary/aromatic N) is 9. The van der Waals surface area contributed by atoms with E-state index in [2.05, 4.69) is 22.9 Å². The molecule has 3 N–H and O–H groups in total. The Kier molecular flexibility index (Phi) is 29.4. The standard InChI is InChI=1S/C77H119F5N12O14/c1-11-47(4)65-73(104)87(6)45-63(97)88(7)56-21-14-13-17-32-93(72(56)103)60(40-48-24-22-46(3)23-25-48)70(101)86(5)44-61(95)83-55(29-28-50-37-53(78)64(54(79)38-50)77(80,81)82)69(100)94-43-52(108-12-2)41-58(94)68(99)85-76(30-18-31-76)75(106)91(10)66(51-19-15-16-20-51)74(105)90(9)59(71(102)92-33-35-107-36-34-92)42-62(96)89(8)57(67(98)84-65)39-49-26-27-49/h13-14,46-60,64-66H,11-12,15-45H2,1-10H3,(H,83,95)(H,84,98)(H,85,99)/b14-13-/t46?,47-,48?,50?,52+,53?,54?,55-,56-,57-,58-,59-,60-,64?,65-,66-/m0/s1. The van der Waals surface area contributed by atoms with Gasteiger partial charge in [-0.1, -0.05) is 90.7 Å². The third-order valence-electron chi connectivity index (χ3n) is 25.2. The fourth-order valence-corrected chi connectivity index (χ4v) is 17.8. The van der Waals surface area contributed by atoms with Crippen LogP contribution in [0.5, 0.6) is 0 Å². The van der Waals surface area contributed by atoms with Crippen molar-refractivity contribution in [2.75, 3.05) is 101 Å². The number of hydrogen-bond acceptors (Lipinski definition) is 14. The Morgan fingerprint density at radius 1 is 0.639 bits per heavy atom. The molecule has 26 nitrogen and oxygen atoms in total. The van der Waals surface area contributed by atoms with Crippen molar-refractivity contribution in [2.24, 2.45) is 41.4 Å². The predicted molar refractivity (Wildman–Crippen MR) is 387 cm³/mol. The SMILES string of the molecule is CCO[C@@H]1C[C@H]2C(=O)NC3(CCC3)C(=O)N(C)[C@@H](C3CCCC3)C(=O)N(C)[C@H](C(=O)N3CCOCC3)CC(=O)N(C)[C@@H](CC3CC3)C(=O)N[C@@H]([C@@H](C)CC)C(=O)N(C)CC(=O)N(C)[C@H]3C/C=C\CCN(C3=O)[C@@H](CC3CCC(C)CC3)C(=O)N(C)CC(=O)N[C@@H](CCC3CC(F)C(C(F)(F)F)C(F)C3)C(=O)N2C1. The van der Waals surface area contributed by atoms with Crippen LogP contribution in [0.15, 0.2) is 12.2 Å². The number of alkyl halides is 5. The van der Waals surface area contributed by atoms with Gasteiger partial charge in [-0.15, -0.1) is 0 Å². The van der Waals surface area contributed by atoms with Crippen molar-refractivity contribution < 1.29 is 89.0 Å². The summed E-state index contributed by atoms with van der Waals surface area (Å²) >= 11 is 0. The van der Waals surface area contributed by atoms with Gasteiger partial charge < -0.3 is 69.5 Å². The van der Waals surface area contributed by atoms with Gasteiger partial charge in [0.1, 0.15) is 72.1 Å². The number of nitrogens with one attached hydrogen (secondary N) is 3. The van der Waals surface area contributed by atoms with Crippen LogP contribution in [-0.4, -0.2) is 295 Å². The van der Waals surface area contributed by atoms with Gasteiger partial charge in [-0.25, -0.2) is 8.78 Å². The summed E-state index contributed by atoms with van der Waals surface area (Å²) in [7, 11) is 8.51. The third kappa shape index (κ3) is 20.4. The lowest BCUT2D eigenvalue weighted by atomic mass is 9.74. The van der Waals surface area contributed by atoms with Crippen LogP contribution in [0.1, 0.15) is 182 Å². The van der Waals surface area contributed by atoms with Gasteiger partial charge in [0.2, 0.25) is 70.9 Å². The largest absolute Gasteiger partial charge is 0.397 e. The number of carbonyl (C=O) groups is 12. The van der Waals surface area contributed by atoms with Crippen molar-refractivity contribution in [1.29, 1.82) is 0 Å². The number of ether oxygens (including phenoxy) is 2. The molecule has 108 heavy (non-hydrogen) atoms.